The Labute approximate surface area is 480 Å². The topological polar surface area (TPSA) is 3.24 Å². The molecule has 2 aliphatic rings. The van der Waals surface area contributed by atoms with Crippen LogP contribution in [0.15, 0.2) is 303 Å². The van der Waals surface area contributed by atoms with Gasteiger partial charge in [-0.3, -0.25) is 0 Å². The molecule has 0 aromatic heterocycles. The van der Waals surface area contributed by atoms with E-state index in [1.165, 1.54) is 127 Å². The van der Waals surface area contributed by atoms with Crippen molar-refractivity contribution in [2.24, 2.45) is 0 Å². The quantitative estimate of drug-likeness (QED) is 0.0975. The van der Waals surface area contributed by atoms with Gasteiger partial charge in [0, 0.05) is 22.7 Å². The Morgan fingerprint density at radius 3 is 1.30 bits per heavy atom. The minimum Gasteiger partial charge on any atom is -0.310 e. The third kappa shape index (κ3) is 6.99. The molecular formula is C81H57N. The molecule has 386 valence electrons. The predicted molar refractivity (Wildman–Crippen MR) is 343 cm³/mol. The Morgan fingerprint density at radius 1 is 0.293 bits per heavy atom. The van der Waals surface area contributed by atoms with Crippen LogP contribution in [0.3, 0.4) is 0 Å². The van der Waals surface area contributed by atoms with Crippen molar-refractivity contribution in [2.45, 2.75) is 30.6 Å². The lowest BCUT2D eigenvalue weighted by Gasteiger charge is -2.35. The van der Waals surface area contributed by atoms with Gasteiger partial charge in [-0.2, -0.15) is 0 Å². The predicted octanol–water partition coefficient (Wildman–Crippen LogP) is 20.6. The first kappa shape index (κ1) is 47.9. The number of fused-ring (bicyclic) bond motifs is 6. The molecule has 14 aromatic rings. The molecule has 2 aliphatic carbocycles. The summed E-state index contributed by atoms with van der Waals surface area (Å²) in [6.07, 6.45) is 0. The second-order valence-electron chi connectivity index (χ2n) is 22.8. The summed E-state index contributed by atoms with van der Waals surface area (Å²) in [6, 6.07) is 115. The summed E-state index contributed by atoms with van der Waals surface area (Å²) in [4.78, 5) is 2.51. The molecule has 0 saturated carbocycles. The lowest BCUT2D eigenvalue weighted by Crippen LogP contribution is -2.28. The molecule has 0 radical (unpaired) electrons. The van der Waals surface area contributed by atoms with Gasteiger partial charge in [0.05, 0.1) is 16.5 Å². The highest BCUT2D eigenvalue weighted by molar-refractivity contribution is 6.26. The highest BCUT2D eigenvalue weighted by atomic mass is 15.1. The minimum atomic E-state index is -0.538. The Balaban J connectivity index is 0.913. The van der Waals surface area contributed by atoms with E-state index in [-0.39, 0.29) is 5.92 Å². The molecule has 82 heavy (non-hydrogen) atoms. The maximum atomic E-state index is 2.54. The zero-order valence-electron chi connectivity index (χ0n) is 45.9. The largest absolute Gasteiger partial charge is 0.310 e. The number of aryl methyl sites for hydroxylation is 2. The summed E-state index contributed by atoms with van der Waals surface area (Å²) < 4.78 is 0. The standard InChI is InChI=1S/C81H57N/c1-53-22-17-25-56(48-53)77(57-26-19-31-61(50-57)80(59-27-5-3-6-28-59)72-40-13-9-35-65(72)66-36-10-14-41-73(66)80)71-51-58-45-47-76(70-46-44-55-24-20-39-69(71)78(55)79(58)70)82(63-33-18-23-54(2)49-63)64-34-21-32-62(52-64)81(60-29-7-4-8-30-60)74-42-15-11-37-67(74)68-38-12-16-43-75(68)81/h3-52,77H,1-2H3. The van der Waals surface area contributed by atoms with Crippen molar-refractivity contribution in [1.29, 1.82) is 0 Å². The summed E-state index contributed by atoms with van der Waals surface area (Å²) >= 11 is 0. The maximum absolute atomic E-state index is 2.54. The van der Waals surface area contributed by atoms with Gasteiger partial charge in [-0.15, -0.1) is 0 Å². The van der Waals surface area contributed by atoms with Gasteiger partial charge < -0.3 is 4.90 Å². The highest BCUT2D eigenvalue weighted by Gasteiger charge is 2.48. The summed E-state index contributed by atoms with van der Waals surface area (Å²) in [7, 11) is 0. The van der Waals surface area contributed by atoms with Crippen LogP contribution in [0.2, 0.25) is 0 Å². The molecule has 16 rings (SSSR count). The lowest BCUT2D eigenvalue weighted by atomic mass is 9.67. The Bertz CT molecular complexity index is 4700. The van der Waals surface area contributed by atoms with Gasteiger partial charge in [0.15, 0.2) is 0 Å². The first-order valence-corrected chi connectivity index (χ1v) is 28.8. The fourth-order valence-electron chi connectivity index (χ4n) is 15.1. The van der Waals surface area contributed by atoms with Crippen LogP contribution in [-0.4, -0.2) is 0 Å². The van der Waals surface area contributed by atoms with E-state index in [0.717, 1.165) is 17.1 Å². The van der Waals surface area contributed by atoms with Crippen LogP contribution in [-0.2, 0) is 10.8 Å². The van der Waals surface area contributed by atoms with Gasteiger partial charge in [-0.25, -0.2) is 0 Å². The molecule has 0 bridgehead atoms. The van der Waals surface area contributed by atoms with E-state index in [2.05, 4.69) is 322 Å². The van der Waals surface area contributed by atoms with Gasteiger partial charge in [-0.05, 0) is 166 Å². The molecule has 0 N–H and O–H groups in total. The molecule has 14 aromatic carbocycles. The van der Waals surface area contributed by atoms with Crippen molar-refractivity contribution < 1.29 is 0 Å². The van der Waals surface area contributed by atoms with Crippen LogP contribution < -0.4 is 4.90 Å². The van der Waals surface area contributed by atoms with Crippen LogP contribution in [0.1, 0.15) is 78.2 Å². The SMILES string of the molecule is Cc1cccc(C(c2cccc(C3(c4ccccc4)c4ccccc4-c4ccccc43)c2)c2cc3ccc(N(c4cccc(C)c4)c4cccc(C5(c6ccccc6)c6ccccc6-c6ccccc65)c4)c4ccc5cccc2c5c34)c1. The monoisotopic (exact) mass is 1040 g/mol. The van der Waals surface area contributed by atoms with Crippen molar-refractivity contribution in [1.82, 2.24) is 0 Å². The van der Waals surface area contributed by atoms with Crippen LogP contribution in [0.4, 0.5) is 17.1 Å². The van der Waals surface area contributed by atoms with E-state index in [9.17, 15) is 0 Å². The third-order valence-electron chi connectivity index (χ3n) is 18.3. The molecular weight excluding hydrogens is 987 g/mol. The summed E-state index contributed by atoms with van der Waals surface area (Å²) in [5.74, 6) is -0.0810. The molecule has 0 fully saturated rings. The Hall–Kier alpha value is -10.1. The third-order valence-corrected chi connectivity index (χ3v) is 18.3. The summed E-state index contributed by atoms with van der Waals surface area (Å²) in [6.45, 7) is 4.43. The average Bonchev–Trinajstić information content (AvgIpc) is 3.88. The Kier molecular flexibility index (Phi) is 11.0. The number of benzene rings is 14. The van der Waals surface area contributed by atoms with Gasteiger partial charge in [0.25, 0.3) is 0 Å². The molecule has 1 unspecified atom stereocenters. The minimum absolute atomic E-state index is 0.0810. The number of anilines is 3. The van der Waals surface area contributed by atoms with Gasteiger partial charge >= 0.3 is 0 Å². The number of hydrogen-bond donors (Lipinski definition) is 0. The second-order valence-corrected chi connectivity index (χ2v) is 22.8. The first-order chi connectivity index (χ1) is 40.5. The molecule has 0 heterocycles. The van der Waals surface area contributed by atoms with E-state index in [4.69, 9.17) is 0 Å². The van der Waals surface area contributed by atoms with Crippen molar-refractivity contribution in [3.63, 3.8) is 0 Å². The zero-order chi connectivity index (χ0) is 54.5. The van der Waals surface area contributed by atoms with Crippen molar-refractivity contribution >= 4 is 49.4 Å². The Morgan fingerprint density at radius 2 is 0.732 bits per heavy atom. The summed E-state index contributed by atoms with van der Waals surface area (Å²) in [5.41, 5.74) is 24.0. The van der Waals surface area contributed by atoms with Gasteiger partial charge in [0.2, 0.25) is 0 Å². The highest BCUT2D eigenvalue weighted by Crippen LogP contribution is 2.59. The van der Waals surface area contributed by atoms with Crippen molar-refractivity contribution in [3.05, 3.63) is 376 Å². The fourth-order valence-corrected chi connectivity index (χ4v) is 15.1. The first-order valence-electron chi connectivity index (χ1n) is 28.8. The average molecular weight is 1040 g/mol. The van der Waals surface area contributed by atoms with Crippen molar-refractivity contribution in [2.75, 3.05) is 4.90 Å². The van der Waals surface area contributed by atoms with Crippen LogP contribution in [0.25, 0.3) is 54.6 Å². The molecule has 0 spiro atoms. The second kappa shape index (κ2) is 18.8. The summed E-state index contributed by atoms with van der Waals surface area (Å²) in [5, 5.41) is 7.52. The lowest BCUT2D eigenvalue weighted by molar-refractivity contribution is 0.764. The smallest absolute Gasteiger partial charge is 0.0714 e. The van der Waals surface area contributed by atoms with E-state index in [0.29, 0.717) is 0 Å². The maximum Gasteiger partial charge on any atom is 0.0714 e. The molecule has 0 aliphatic heterocycles. The van der Waals surface area contributed by atoms with E-state index < -0.39 is 10.8 Å². The van der Waals surface area contributed by atoms with E-state index in [1.807, 2.05) is 0 Å². The van der Waals surface area contributed by atoms with Crippen molar-refractivity contribution in [3.8, 4) is 22.3 Å². The molecule has 1 nitrogen and oxygen atoms in total. The number of nitrogens with zero attached hydrogens (tertiary/aromatic N) is 1. The molecule has 1 heteroatoms. The number of hydrogen-bond acceptors (Lipinski definition) is 1. The van der Waals surface area contributed by atoms with Crippen LogP contribution >= 0.6 is 0 Å². The van der Waals surface area contributed by atoms with Gasteiger partial charge in [-0.1, -0.05) is 272 Å². The molecule has 0 saturated heterocycles. The molecule has 0 amide bonds. The zero-order valence-corrected chi connectivity index (χ0v) is 45.9. The molecule has 1 atom stereocenters. The normalized spacial score (nSPS) is 13.9. The number of rotatable bonds is 10. The van der Waals surface area contributed by atoms with Crippen LogP contribution in [0, 0.1) is 13.8 Å². The van der Waals surface area contributed by atoms with E-state index in [1.54, 1.807) is 0 Å². The van der Waals surface area contributed by atoms with E-state index >= 15 is 0 Å². The van der Waals surface area contributed by atoms with Gasteiger partial charge in [0.1, 0.15) is 0 Å². The fraction of sp³-hybridized carbons (Fsp3) is 0.0617. The van der Waals surface area contributed by atoms with Crippen LogP contribution in [0.5, 0.6) is 0 Å².